The first kappa shape index (κ1) is 15.3. The Morgan fingerprint density at radius 1 is 1.32 bits per heavy atom. The summed E-state index contributed by atoms with van der Waals surface area (Å²) in [7, 11) is 0. The number of aliphatic hydroxyl groups excluding tert-OH is 2. The molecular formula is C12H14F2O5. The first-order valence-electron chi connectivity index (χ1n) is 5.57. The van der Waals surface area contributed by atoms with Crippen LogP contribution in [-0.4, -0.2) is 34.0 Å². The van der Waals surface area contributed by atoms with E-state index in [-0.39, 0.29) is 6.61 Å². The molecule has 2 atom stereocenters. The highest BCUT2D eigenvalue weighted by molar-refractivity contribution is 5.70. The molecule has 3 N–H and O–H groups in total. The molecule has 0 saturated carbocycles. The highest BCUT2D eigenvalue weighted by Gasteiger charge is 2.26. The molecule has 1 aromatic carbocycles. The molecule has 0 aromatic heterocycles. The number of phenolic OH excluding ortho intramolecular Hbond substituents is 1. The quantitative estimate of drug-likeness (QED) is 0.699. The van der Waals surface area contributed by atoms with Crippen LogP contribution in [0.3, 0.4) is 0 Å². The summed E-state index contributed by atoms with van der Waals surface area (Å²) >= 11 is 0. The molecule has 0 aliphatic rings. The Morgan fingerprint density at radius 2 is 1.95 bits per heavy atom. The number of halogens is 2. The van der Waals surface area contributed by atoms with Gasteiger partial charge in [-0.05, 0) is 19.1 Å². The lowest BCUT2D eigenvalue weighted by molar-refractivity contribution is -0.147. The Labute approximate surface area is 108 Å². The third-order valence-electron chi connectivity index (χ3n) is 2.46. The van der Waals surface area contributed by atoms with E-state index in [1.807, 2.05) is 0 Å². The van der Waals surface area contributed by atoms with Crippen molar-refractivity contribution in [2.45, 2.75) is 25.6 Å². The third-order valence-corrected chi connectivity index (χ3v) is 2.46. The standard InChI is InChI=1S/C12H14F2O5/c1-2-19-9(17)5-8(16)12(18)6-3-4-7(15)11(14)10(6)13/h3-4,8,12,15-16,18H,2,5H2,1H3. The minimum atomic E-state index is -1.81. The summed E-state index contributed by atoms with van der Waals surface area (Å²) < 4.78 is 31.1. The van der Waals surface area contributed by atoms with E-state index in [0.717, 1.165) is 12.1 Å². The smallest absolute Gasteiger partial charge is 0.308 e. The summed E-state index contributed by atoms with van der Waals surface area (Å²) in [5, 5.41) is 28.1. The second kappa shape index (κ2) is 6.44. The number of benzene rings is 1. The molecule has 0 fully saturated rings. The Kier molecular flexibility index (Phi) is 5.20. The normalized spacial score (nSPS) is 13.9. The van der Waals surface area contributed by atoms with Gasteiger partial charge in [0.1, 0.15) is 6.10 Å². The van der Waals surface area contributed by atoms with Crippen molar-refractivity contribution in [3.63, 3.8) is 0 Å². The molecular weight excluding hydrogens is 262 g/mol. The van der Waals surface area contributed by atoms with Gasteiger partial charge in [0.25, 0.3) is 0 Å². The Morgan fingerprint density at radius 3 is 2.53 bits per heavy atom. The van der Waals surface area contributed by atoms with Gasteiger partial charge < -0.3 is 20.1 Å². The van der Waals surface area contributed by atoms with Gasteiger partial charge in [-0.25, -0.2) is 4.39 Å². The molecule has 0 aliphatic heterocycles. The number of carbonyl (C=O) groups is 1. The lowest BCUT2D eigenvalue weighted by Crippen LogP contribution is -2.24. The predicted molar refractivity (Wildman–Crippen MR) is 60.2 cm³/mol. The number of ether oxygens (including phenoxy) is 1. The van der Waals surface area contributed by atoms with E-state index < -0.39 is 47.5 Å². The van der Waals surface area contributed by atoms with Crippen molar-refractivity contribution in [1.82, 2.24) is 0 Å². The maximum atomic E-state index is 13.4. The van der Waals surface area contributed by atoms with Crippen LogP contribution in [0.25, 0.3) is 0 Å². The van der Waals surface area contributed by atoms with Crippen LogP contribution in [0.4, 0.5) is 8.78 Å². The number of carbonyl (C=O) groups excluding carboxylic acids is 1. The molecule has 2 unspecified atom stereocenters. The van der Waals surface area contributed by atoms with Crippen molar-refractivity contribution in [2.75, 3.05) is 6.61 Å². The van der Waals surface area contributed by atoms with Crippen molar-refractivity contribution in [1.29, 1.82) is 0 Å². The van der Waals surface area contributed by atoms with Crippen LogP contribution in [0.15, 0.2) is 12.1 Å². The number of aliphatic hydroxyl groups is 2. The first-order chi connectivity index (χ1) is 8.88. The summed E-state index contributed by atoms with van der Waals surface area (Å²) in [5.74, 6) is -4.68. The monoisotopic (exact) mass is 276 g/mol. The first-order valence-corrected chi connectivity index (χ1v) is 5.57. The summed E-state index contributed by atoms with van der Waals surface area (Å²) in [4.78, 5) is 11.1. The number of aromatic hydroxyl groups is 1. The number of rotatable bonds is 5. The number of esters is 1. The molecule has 0 amide bonds. The van der Waals surface area contributed by atoms with Gasteiger partial charge in [-0.15, -0.1) is 0 Å². The topological polar surface area (TPSA) is 87.0 Å². The van der Waals surface area contributed by atoms with E-state index in [2.05, 4.69) is 4.74 Å². The van der Waals surface area contributed by atoms with E-state index in [1.165, 1.54) is 0 Å². The number of phenols is 1. The van der Waals surface area contributed by atoms with Crippen molar-refractivity contribution >= 4 is 5.97 Å². The van der Waals surface area contributed by atoms with E-state index in [4.69, 9.17) is 5.11 Å². The molecule has 0 radical (unpaired) electrons. The fraction of sp³-hybridized carbons (Fsp3) is 0.417. The van der Waals surface area contributed by atoms with Crippen LogP contribution in [0.1, 0.15) is 25.0 Å². The summed E-state index contributed by atoms with van der Waals surface area (Å²) in [6.07, 6.45) is -4.01. The van der Waals surface area contributed by atoms with Crippen molar-refractivity contribution in [3.05, 3.63) is 29.3 Å². The molecule has 7 heteroatoms. The fourth-order valence-electron chi connectivity index (χ4n) is 1.49. The largest absolute Gasteiger partial charge is 0.505 e. The second-order valence-corrected chi connectivity index (χ2v) is 3.82. The van der Waals surface area contributed by atoms with Crippen molar-refractivity contribution in [2.24, 2.45) is 0 Å². The third kappa shape index (κ3) is 3.62. The predicted octanol–water partition coefficient (Wildman–Crippen LogP) is 1.02. The molecule has 1 rings (SSSR count). The SMILES string of the molecule is CCOC(=O)CC(O)C(O)c1ccc(O)c(F)c1F. The van der Waals surface area contributed by atoms with Gasteiger partial charge in [-0.3, -0.25) is 4.79 Å². The maximum Gasteiger partial charge on any atom is 0.308 e. The molecule has 0 saturated heterocycles. The van der Waals surface area contributed by atoms with Crippen LogP contribution in [0, 0.1) is 11.6 Å². The average molecular weight is 276 g/mol. The Hall–Kier alpha value is -1.73. The zero-order valence-electron chi connectivity index (χ0n) is 10.1. The molecule has 19 heavy (non-hydrogen) atoms. The zero-order chi connectivity index (χ0) is 14.6. The summed E-state index contributed by atoms with van der Waals surface area (Å²) in [6.45, 7) is 1.67. The van der Waals surface area contributed by atoms with Crippen molar-refractivity contribution in [3.8, 4) is 5.75 Å². The van der Waals surface area contributed by atoms with Gasteiger partial charge in [-0.1, -0.05) is 0 Å². The highest BCUT2D eigenvalue weighted by atomic mass is 19.2. The molecule has 0 spiro atoms. The Bertz CT molecular complexity index is 464. The van der Waals surface area contributed by atoms with Crippen LogP contribution >= 0.6 is 0 Å². The molecule has 1 aromatic rings. The number of hydrogen-bond donors (Lipinski definition) is 3. The summed E-state index contributed by atoms with van der Waals surface area (Å²) in [5.41, 5.74) is -0.549. The molecule has 106 valence electrons. The minimum Gasteiger partial charge on any atom is -0.505 e. The van der Waals surface area contributed by atoms with Crippen LogP contribution in [0.5, 0.6) is 5.75 Å². The van der Waals surface area contributed by atoms with E-state index in [9.17, 15) is 23.8 Å². The maximum absolute atomic E-state index is 13.4. The minimum absolute atomic E-state index is 0.101. The zero-order valence-corrected chi connectivity index (χ0v) is 10.1. The van der Waals surface area contributed by atoms with Crippen LogP contribution in [-0.2, 0) is 9.53 Å². The fourth-order valence-corrected chi connectivity index (χ4v) is 1.49. The highest BCUT2D eigenvalue weighted by Crippen LogP contribution is 2.28. The second-order valence-electron chi connectivity index (χ2n) is 3.82. The summed E-state index contributed by atoms with van der Waals surface area (Å²) in [6, 6.07) is 1.76. The van der Waals surface area contributed by atoms with E-state index >= 15 is 0 Å². The number of hydrogen-bond acceptors (Lipinski definition) is 5. The van der Waals surface area contributed by atoms with Gasteiger partial charge in [0.15, 0.2) is 11.6 Å². The van der Waals surface area contributed by atoms with Gasteiger partial charge in [-0.2, -0.15) is 4.39 Å². The van der Waals surface area contributed by atoms with Gasteiger partial charge in [0.2, 0.25) is 5.82 Å². The van der Waals surface area contributed by atoms with Crippen LogP contribution < -0.4 is 0 Å². The lowest BCUT2D eigenvalue weighted by Gasteiger charge is -2.18. The molecule has 5 nitrogen and oxygen atoms in total. The lowest BCUT2D eigenvalue weighted by atomic mass is 10.0. The van der Waals surface area contributed by atoms with Crippen molar-refractivity contribution < 1.29 is 33.6 Å². The molecule has 0 bridgehead atoms. The van der Waals surface area contributed by atoms with Gasteiger partial charge in [0.05, 0.1) is 19.1 Å². The average Bonchev–Trinajstić information content (AvgIpc) is 2.35. The van der Waals surface area contributed by atoms with E-state index in [1.54, 1.807) is 6.92 Å². The molecule has 0 heterocycles. The van der Waals surface area contributed by atoms with E-state index in [0.29, 0.717) is 0 Å². The van der Waals surface area contributed by atoms with Gasteiger partial charge >= 0.3 is 5.97 Å². The Balaban J connectivity index is 2.85. The molecule has 0 aliphatic carbocycles. The van der Waals surface area contributed by atoms with Gasteiger partial charge in [0, 0.05) is 5.56 Å². The van der Waals surface area contributed by atoms with Crippen LogP contribution in [0.2, 0.25) is 0 Å².